The third kappa shape index (κ3) is 3.70. The number of hydrogen-bond donors (Lipinski definition) is 1. The Morgan fingerprint density at radius 1 is 1.20 bits per heavy atom. The summed E-state index contributed by atoms with van der Waals surface area (Å²) in [4.78, 5) is 26.2. The van der Waals surface area contributed by atoms with E-state index in [-0.39, 0.29) is 18.4 Å². The monoisotopic (exact) mass is 345 g/mol. The van der Waals surface area contributed by atoms with Crippen molar-refractivity contribution in [2.75, 3.05) is 24.7 Å². The van der Waals surface area contributed by atoms with E-state index in [1.54, 1.807) is 44.1 Å². The number of fused-ring (bicyclic) bond motifs is 1. The van der Waals surface area contributed by atoms with Crippen LogP contribution in [-0.4, -0.2) is 47.2 Å². The Labute approximate surface area is 144 Å². The number of ether oxygens (including phenoxy) is 3. The third-order valence-electron chi connectivity index (χ3n) is 3.51. The predicted octanol–water partition coefficient (Wildman–Crippen LogP) is 0.791. The van der Waals surface area contributed by atoms with E-state index >= 15 is 0 Å². The van der Waals surface area contributed by atoms with Gasteiger partial charge in [-0.3, -0.25) is 0 Å². The number of nitrogens with two attached hydrogens (primary N) is 1. The zero-order valence-electron chi connectivity index (χ0n) is 14.2. The van der Waals surface area contributed by atoms with Crippen LogP contribution in [0.25, 0.3) is 0 Å². The molecule has 2 atom stereocenters. The minimum Gasteiger partial charge on any atom is -0.482 e. The first-order valence-electron chi connectivity index (χ1n) is 7.71. The fourth-order valence-electron chi connectivity index (χ4n) is 2.29. The second-order valence-electron chi connectivity index (χ2n) is 5.72. The van der Waals surface area contributed by atoms with Gasteiger partial charge < -0.3 is 24.8 Å². The van der Waals surface area contributed by atoms with Crippen molar-refractivity contribution in [2.45, 2.75) is 25.7 Å². The van der Waals surface area contributed by atoms with Gasteiger partial charge in [0, 0.05) is 14.1 Å². The molecule has 9 heteroatoms. The summed E-state index contributed by atoms with van der Waals surface area (Å²) in [5.41, 5.74) is 5.65. The first-order chi connectivity index (χ1) is 11.9. The molecule has 132 valence electrons. The van der Waals surface area contributed by atoms with E-state index in [1.807, 2.05) is 6.07 Å². The van der Waals surface area contributed by atoms with Crippen LogP contribution in [0.15, 0.2) is 24.3 Å². The van der Waals surface area contributed by atoms with Gasteiger partial charge in [0.15, 0.2) is 23.9 Å². The lowest BCUT2D eigenvalue weighted by Crippen LogP contribution is -2.44. The Hall–Kier alpha value is -3.10. The lowest BCUT2D eigenvalue weighted by Gasteiger charge is -2.30. The van der Waals surface area contributed by atoms with Crippen LogP contribution in [0.3, 0.4) is 0 Å². The first kappa shape index (κ1) is 16.7. The van der Waals surface area contributed by atoms with E-state index < -0.39 is 18.2 Å². The summed E-state index contributed by atoms with van der Waals surface area (Å²) in [5.74, 6) is 1.24. The van der Waals surface area contributed by atoms with Crippen molar-refractivity contribution >= 4 is 17.9 Å². The standard InChI is InChI=1S/C16H19N5O4/c1-9-13(25-11-7-5-4-6-10(11)24-9)14(22)23-8-12-18-15(17)20-16(19-12)21(2)3/h4-7,9,13H,8H2,1-3H3,(H2,17,18,19,20)/t9-,13+/m1/s1. The number of rotatable bonds is 4. The van der Waals surface area contributed by atoms with Gasteiger partial charge in [0.1, 0.15) is 6.10 Å². The highest BCUT2D eigenvalue weighted by Gasteiger charge is 2.35. The highest BCUT2D eigenvalue weighted by Crippen LogP contribution is 2.33. The normalized spacial score (nSPS) is 18.5. The highest BCUT2D eigenvalue weighted by atomic mass is 16.6. The number of nitrogen functional groups attached to an aromatic ring is 1. The molecular weight excluding hydrogens is 326 g/mol. The van der Waals surface area contributed by atoms with Crippen molar-refractivity contribution in [3.05, 3.63) is 30.1 Å². The second-order valence-corrected chi connectivity index (χ2v) is 5.72. The fourth-order valence-corrected chi connectivity index (χ4v) is 2.29. The van der Waals surface area contributed by atoms with Gasteiger partial charge in [0.25, 0.3) is 0 Å². The molecule has 3 rings (SSSR count). The predicted molar refractivity (Wildman–Crippen MR) is 89.3 cm³/mol. The van der Waals surface area contributed by atoms with Crippen LogP contribution in [0.1, 0.15) is 12.7 Å². The molecule has 1 aromatic carbocycles. The molecule has 0 unspecified atom stereocenters. The Morgan fingerprint density at radius 2 is 1.88 bits per heavy atom. The molecule has 2 heterocycles. The zero-order valence-corrected chi connectivity index (χ0v) is 14.2. The molecule has 0 saturated carbocycles. The van der Waals surface area contributed by atoms with Gasteiger partial charge >= 0.3 is 5.97 Å². The van der Waals surface area contributed by atoms with Crippen LogP contribution in [0.4, 0.5) is 11.9 Å². The number of benzene rings is 1. The van der Waals surface area contributed by atoms with Crippen LogP contribution < -0.4 is 20.1 Å². The van der Waals surface area contributed by atoms with Gasteiger partial charge in [-0.25, -0.2) is 4.79 Å². The van der Waals surface area contributed by atoms with E-state index in [9.17, 15) is 4.79 Å². The molecule has 1 aliphatic heterocycles. The van der Waals surface area contributed by atoms with Crippen molar-refractivity contribution in [1.29, 1.82) is 0 Å². The molecule has 2 aromatic rings. The Morgan fingerprint density at radius 3 is 2.56 bits per heavy atom. The number of aromatic nitrogens is 3. The van der Waals surface area contributed by atoms with Crippen LogP contribution in [0, 0.1) is 0 Å². The second kappa shape index (κ2) is 6.80. The molecule has 0 spiro atoms. The van der Waals surface area contributed by atoms with Crippen molar-refractivity contribution in [3.8, 4) is 11.5 Å². The maximum atomic E-state index is 12.4. The molecule has 0 bridgehead atoms. The molecule has 0 aliphatic carbocycles. The van der Waals surface area contributed by atoms with Gasteiger partial charge in [-0.2, -0.15) is 15.0 Å². The average Bonchev–Trinajstić information content (AvgIpc) is 2.58. The summed E-state index contributed by atoms with van der Waals surface area (Å²) in [6.07, 6.45) is -1.36. The summed E-state index contributed by atoms with van der Waals surface area (Å²) >= 11 is 0. The summed E-state index contributed by atoms with van der Waals surface area (Å²) in [7, 11) is 3.55. The van der Waals surface area contributed by atoms with E-state index in [1.165, 1.54) is 0 Å². The fraction of sp³-hybridized carbons (Fsp3) is 0.375. The van der Waals surface area contributed by atoms with Gasteiger partial charge in [0.05, 0.1) is 0 Å². The molecule has 0 saturated heterocycles. The number of para-hydroxylation sites is 2. The van der Waals surface area contributed by atoms with Crippen molar-refractivity contribution in [2.24, 2.45) is 0 Å². The number of esters is 1. The first-order valence-corrected chi connectivity index (χ1v) is 7.71. The number of carbonyl (C=O) groups is 1. The van der Waals surface area contributed by atoms with E-state index in [0.29, 0.717) is 17.4 Å². The van der Waals surface area contributed by atoms with Crippen molar-refractivity contribution in [3.63, 3.8) is 0 Å². The summed E-state index contributed by atoms with van der Waals surface area (Å²) < 4.78 is 16.7. The number of carbonyl (C=O) groups excluding carboxylic acids is 1. The summed E-state index contributed by atoms with van der Waals surface area (Å²) in [5, 5.41) is 0. The molecular formula is C16H19N5O4. The molecule has 9 nitrogen and oxygen atoms in total. The Balaban J connectivity index is 1.67. The number of anilines is 2. The maximum absolute atomic E-state index is 12.4. The lowest BCUT2D eigenvalue weighted by atomic mass is 10.2. The zero-order chi connectivity index (χ0) is 18.0. The molecule has 0 amide bonds. The molecule has 0 radical (unpaired) electrons. The van der Waals surface area contributed by atoms with E-state index in [0.717, 1.165) is 0 Å². The van der Waals surface area contributed by atoms with Crippen LogP contribution >= 0.6 is 0 Å². The Kier molecular flexibility index (Phi) is 4.55. The Bertz CT molecular complexity index is 783. The minimum atomic E-state index is -0.873. The summed E-state index contributed by atoms with van der Waals surface area (Å²) in [6, 6.07) is 7.15. The molecule has 1 aliphatic rings. The highest BCUT2D eigenvalue weighted by molar-refractivity contribution is 5.76. The average molecular weight is 345 g/mol. The lowest BCUT2D eigenvalue weighted by molar-refractivity contribution is -0.159. The van der Waals surface area contributed by atoms with Crippen LogP contribution in [0.5, 0.6) is 11.5 Å². The van der Waals surface area contributed by atoms with Gasteiger partial charge in [-0.15, -0.1) is 0 Å². The molecule has 2 N–H and O–H groups in total. The SMILES string of the molecule is C[C@H]1Oc2ccccc2O[C@@H]1C(=O)OCc1nc(N)nc(N(C)C)n1. The quantitative estimate of drug-likeness (QED) is 0.803. The largest absolute Gasteiger partial charge is 0.482 e. The molecule has 25 heavy (non-hydrogen) atoms. The smallest absolute Gasteiger partial charge is 0.351 e. The van der Waals surface area contributed by atoms with Gasteiger partial charge in [-0.1, -0.05) is 12.1 Å². The molecule has 1 aromatic heterocycles. The van der Waals surface area contributed by atoms with Gasteiger partial charge in [-0.05, 0) is 19.1 Å². The maximum Gasteiger partial charge on any atom is 0.351 e. The minimum absolute atomic E-state index is 0.0595. The number of nitrogens with zero attached hydrogens (tertiary/aromatic N) is 4. The van der Waals surface area contributed by atoms with Crippen molar-refractivity contribution in [1.82, 2.24) is 15.0 Å². The molecule has 0 fully saturated rings. The third-order valence-corrected chi connectivity index (χ3v) is 3.51. The van der Waals surface area contributed by atoms with E-state index in [4.69, 9.17) is 19.9 Å². The topological polar surface area (TPSA) is 113 Å². The van der Waals surface area contributed by atoms with Crippen LogP contribution in [0.2, 0.25) is 0 Å². The van der Waals surface area contributed by atoms with Gasteiger partial charge in [0.2, 0.25) is 18.0 Å². The van der Waals surface area contributed by atoms with Crippen molar-refractivity contribution < 1.29 is 19.0 Å². The van der Waals surface area contributed by atoms with E-state index in [2.05, 4.69) is 15.0 Å². The van der Waals surface area contributed by atoms with Crippen LogP contribution in [-0.2, 0) is 16.1 Å². The summed E-state index contributed by atoms with van der Waals surface area (Å²) in [6.45, 7) is 1.60. The number of hydrogen-bond acceptors (Lipinski definition) is 9.